The summed E-state index contributed by atoms with van der Waals surface area (Å²) in [6.45, 7) is 2.23. The molecule has 0 N–H and O–H groups in total. The van der Waals surface area contributed by atoms with Crippen molar-refractivity contribution in [2.45, 2.75) is 6.92 Å². The highest BCUT2D eigenvalue weighted by molar-refractivity contribution is 6.23. The summed E-state index contributed by atoms with van der Waals surface area (Å²) in [6.07, 6.45) is 1.85. The van der Waals surface area contributed by atoms with Gasteiger partial charge in [-0.25, -0.2) is 4.98 Å². The SMILES string of the molecule is Cc1cccc2ccc3cccc(-c4cccc5ccc6cc(-c7ccc(-c8c9ccccc9c(-c9ccc%10ccc%11cccnc%11c%10n9)c9ccccc89)cc7)ccc6c45)c3c12. The second kappa shape index (κ2) is 13.9. The summed E-state index contributed by atoms with van der Waals surface area (Å²) < 4.78 is 0. The molecule has 2 heterocycles. The Morgan fingerprint density at radius 2 is 0.841 bits per heavy atom. The van der Waals surface area contributed by atoms with E-state index in [0.29, 0.717) is 0 Å². The van der Waals surface area contributed by atoms with Crippen molar-refractivity contribution in [1.82, 2.24) is 9.97 Å². The predicted octanol–water partition coefficient (Wildman–Crippen LogP) is 16.7. The number of rotatable bonds is 4. The van der Waals surface area contributed by atoms with Crippen LogP contribution in [0.25, 0.3) is 131 Å². The van der Waals surface area contributed by atoms with E-state index in [0.717, 1.165) is 33.1 Å². The van der Waals surface area contributed by atoms with Crippen molar-refractivity contribution >= 4 is 86.4 Å². The van der Waals surface area contributed by atoms with E-state index < -0.39 is 0 Å². The minimum Gasteiger partial charge on any atom is -0.254 e. The number of pyridine rings is 2. The van der Waals surface area contributed by atoms with Gasteiger partial charge in [-0.3, -0.25) is 4.98 Å². The molecule has 0 saturated heterocycles. The molecule has 0 unspecified atom stereocenters. The molecule has 0 aliphatic carbocycles. The van der Waals surface area contributed by atoms with Crippen LogP contribution in [0.15, 0.2) is 212 Å². The third-order valence-electron chi connectivity index (χ3n) is 13.4. The number of aryl methyl sites for hydroxylation is 1. The Bertz CT molecular complexity index is 3970. The zero-order valence-corrected chi connectivity index (χ0v) is 34.6. The number of aromatic nitrogens is 2. The quantitative estimate of drug-likeness (QED) is 0.131. The van der Waals surface area contributed by atoms with Crippen molar-refractivity contribution in [2.24, 2.45) is 0 Å². The Morgan fingerprint density at radius 1 is 0.317 bits per heavy atom. The molecule has 11 aromatic carbocycles. The Morgan fingerprint density at radius 3 is 1.56 bits per heavy atom. The van der Waals surface area contributed by atoms with E-state index in [9.17, 15) is 0 Å². The normalized spacial score (nSPS) is 11.9. The highest BCUT2D eigenvalue weighted by Crippen LogP contribution is 2.45. The minimum absolute atomic E-state index is 0.925. The molecular weight excluding hydrogens is 761 g/mol. The van der Waals surface area contributed by atoms with Gasteiger partial charge in [-0.15, -0.1) is 0 Å². The first-order valence-corrected chi connectivity index (χ1v) is 21.7. The van der Waals surface area contributed by atoms with Gasteiger partial charge in [0.1, 0.15) is 0 Å². The highest BCUT2D eigenvalue weighted by Gasteiger charge is 2.19. The van der Waals surface area contributed by atoms with Gasteiger partial charge >= 0.3 is 0 Å². The molecule has 0 fully saturated rings. The summed E-state index contributed by atoms with van der Waals surface area (Å²) in [5.74, 6) is 0. The fourth-order valence-electron chi connectivity index (χ4n) is 10.5. The Labute approximate surface area is 364 Å². The molecule has 0 saturated carbocycles. The van der Waals surface area contributed by atoms with Crippen LogP contribution in [0.1, 0.15) is 5.56 Å². The molecule has 0 atom stereocenters. The number of fused-ring (bicyclic) bond motifs is 11. The van der Waals surface area contributed by atoms with Crippen LogP contribution in [0, 0.1) is 6.92 Å². The number of hydrogen-bond donors (Lipinski definition) is 0. The first kappa shape index (κ1) is 35.5. The van der Waals surface area contributed by atoms with Crippen LogP contribution in [-0.2, 0) is 0 Å². The van der Waals surface area contributed by atoms with Gasteiger partial charge in [-0.1, -0.05) is 188 Å². The lowest BCUT2D eigenvalue weighted by atomic mass is 9.86. The standard InChI is InChI=1S/C61H38N2/c1-37-10-6-11-39-25-26-41-13-8-20-51(58(41)55(37)39)50-19-7-12-40-27-30-46-36-45(31-33-47(46)56(40)50)38-21-23-42(24-22-38)57-48-15-2-4-17-52(48)59(53-18-5-3-16-49(53)57)54-34-32-44-29-28-43-14-9-35-62-60(43)61(44)63-54/h2-36H,1H3. The van der Waals surface area contributed by atoms with Crippen LogP contribution < -0.4 is 0 Å². The second-order valence-corrected chi connectivity index (χ2v) is 16.9. The van der Waals surface area contributed by atoms with Crippen LogP contribution in [0.2, 0.25) is 0 Å². The molecule has 0 spiro atoms. The maximum absolute atomic E-state index is 5.34. The van der Waals surface area contributed by atoms with E-state index >= 15 is 0 Å². The second-order valence-electron chi connectivity index (χ2n) is 16.9. The van der Waals surface area contributed by atoms with E-state index in [-0.39, 0.29) is 0 Å². The molecule has 2 nitrogen and oxygen atoms in total. The summed E-state index contributed by atoms with van der Waals surface area (Å²) in [6, 6.07) is 75.7. The van der Waals surface area contributed by atoms with Crippen molar-refractivity contribution in [3.8, 4) is 44.6 Å². The van der Waals surface area contributed by atoms with Gasteiger partial charge in [0, 0.05) is 22.5 Å². The third-order valence-corrected chi connectivity index (χ3v) is 13.4. The predicted molar refractivity (Wildman–Crippen MR) is 269 cm³/mol. The van der Waals surface area contributed by atoms with E-state index in [4.69, 9.17) is 9.97 Å². The van der Waals surface area contributed by atoms with Crippen molar-refractivity contribution < 1.29 is 0 Å². The molecule has 0 bridgehead atoms. The zero-order chi connectivity index (χ0) is 41.6. The summed E-state index contributed by atoms with van der Waals surface area (Å²) in [7, 11) is 0. The average molecular weight is 799 g/mol. The molecule has 0 radical (unpaired) electrons. The van der Waals surface area contributed by atoms with Crippen molar-refractivity contribution in [2.75, 3.05) is 0 Å². The summed E-state index contributed by atoms with van der Waals surface area (Å²) in [5, 5.41) is 17.2. The van der Waals surface area contributed by atoms with E-state index in [1.165, 1.54) is 104 Å². The Balaban J connectivity index is 0.934. The van der Waals surface area contributed by atoms with Crippen molar-refractivity contribution in [3.05, 3.63) is 218 Å². The van der Waals surface area contributed by atoms with Gasteiger partial charge in [0.15, 0.2) is 0 Å². The van der Waals surface area contributed by atoms with Crippen LogP contribution >= 0.6 is 0 Å². The monoisotopic (exact) mass is 798 g/mol. The smallest absolute Gasteiger partial charge is 0.0972 e. The van der Waals surface area contributed by atoms with Crippen LogP contribution in [-0.4, -0.2) is 9.97 Å². The topological polar surface area (TPSA) is 25.8 Å². The van der Waals surface area contributed by atoms with Crippen LogP contribution in [0.5, 0.6) is 0 Å². The third kappa shape index (κ3) is 5.51. The molecular formula is C61H38N2. The molecule has 0 aliphatic heterocycles. The highest BCUT2D eigenvalue weighted by atomic mass is 14.8. The zero-order valence-electron chi connectivity index (χ0n) is 34.6. The lowest BCUT2D eigenvalue weighted by molar-refractivity contribution is 1.38. The lowest BCUT2D eigenvalue weighted by Gasteiger charge is -2.18. The summed E-state index contributed by atoms with van der Waals surface area (Å²) in [5.41, 5.74) is 12.6. The minimum atomic E-state index is 0.925. The molecule has 63 heavy (non-hydrogen) atoms. The lowest BCUT2D eigenvalue weighted by Crippen LogP contribution is -1.93. The molecule has 2 heteroatoms. The first-order valence-electron chi connectivity index (χ1n) is 21.7. The Kier molecular flexibility index (Phi) is 7.85. The maximum atomic E-state index is 5.34. The fourth-order valence-corrected chi connectivity index (χ4v) is 10.5. The van der Waals surface area contributed by atoms with Gasteiger partial charge in [-0.2, -0.15) is 0 Å². The van der Waals surface area contributed by atoms with Crippen molar-refractivity contribution in [3.63, 3.8) is 0 Å². The van der Waals surface area contributed by atoms with Gasteiger partial charge < -0.3 is 0 Å². The molecule has 2 aromatic heterocycles. The number of nitrogens with zero attached hydrogens (tertiary/aromatic N) is 2. The van der Waals surface area contributed by atoms with Crippen LogP contribution in [0.3, 0.4) is 0 Å². The average Bonchev–Trinajstić information content (AvgIpc) is 3.34. The van der Waals surface area contributed by atoms with Gasteiger partial charge in [-0.05, 0) is 129 Å². The molecule has 0 aliphatic rings. The van der Waals surface area contributed by atoms with Gasteiger partial charge in [0.2, 0.25) is 0 Å². The molecule has 292 valence electrons. The summed E-state index contributed by atoms with van der Waals surface area (Å²) in [4.78, 5) is 10.1. The number of hydrogen-bond acceptors (Lipinski definition) is 2. The van der Waals surface area contributed by atoms with Gasteiger partial charge in [0.05, 0.1) is 16.7 Å². The Hall–Kier alpha value is -8.20. The van der Waals surface area contributed by atoms with E-state index in [2.05, 4.69) is 207 Å². The molecule has 0 amide bonds. The fraction of sp³-hybridized carbons (Fsp3) is 0.0164. The molecule has 13 rings (SSSR count). The van der Waals surface area contributed by atoms with Crippen molar-refractivity contribution in [1.29, 1.82) is 0 Å². The van der Waals surface area contributed by atoms with Crippen LogP contribution in [0.4, 0.5) is 0 Å². The van der Waals surface area contributed by atoms with E-state index in [1.54, 1.807) is 0 Å². The largest absolute Gasteiger partial charge is 0.254 e. The van der Waals surface area contributed by atoms with E-state index in [1.807, 2.05) is 12.3 Å². The maximum Gasteiger partial charge on any atom is 0.0972 e. The number of benzene rings is 11. The summed E-state index contributed by atoms with van der Waals surface area (Å²) >= 11 is 0. The van der Waals surface area contributed by atoms with Gasteiger partial charge in [0.25, 0.3) is 0 Å². The first-order chi connectivity index (χ1) is 31.2. The molecule has 13 aromatic rings.